The van der Waals surface area contributed by atoms with Crippen LogP contribution in [0.15, 0.2) is 24.3 Å². The highest BCUT2D eigenvalue weighted by atomic mass is 16.6. The molecule has 1 aromatic rings. The molecule has 5 nitrogen and oxygen atoms in total. The number of rotatable bonds is 4. The van der Waals surface area contributed by atoms with Crippen molar-refractivity contribution in [2.24, 2.45) is 0 Å². The largest absolute Gasteiger partial charge is 0.450 e. The molecule has 1 heterocycles. The van der Waals surface area contributed by atoms with E-state index in [0.717, 1.165) is 11.1 Å². The Kier molecular flexibility index (Phi) is 5.33. The van der Waals surface area contributed by atoms with Crippen molar-refractivity contribution in [2.45, 2.75) is 13.8 Å². The number of piperazine rings is 1. The lowest BCUT2D eigenvalue weighted by Crippen LogP contribution is -2.50. The first-order chi connectivity index (χ1) is 10.1. The molecule has 1 amide bonds. The number of amides is 1. The van der Waals surface area contributed by atoms with Gasteiger partial charge in [0.05, 0.1) is 13.2 Å². The van der Waals surface area contributed by atoms with Crippen LogP contribution in [0.3, 0.4) is 0 Å². The minimum absolute atomic E-state index is 0.137. The van der Waals surface area contributed by atoms with Crippen LogP contribution in [0, 0.1) is 6.92 Å². The van der Waals surface area contributed by atoms with Gasteiger partial charge in [0.25, 0.3) is 0 Å². The van der Waals surface area contributed by atoms with E-state index in [1.807, 2.05) is 31.2 Å². The quantitative estimate of drug-likeness (QED) is 0.795. The van der Waals surface area contributed by atoms with Gasteiger partial charge in [-0.25, -0.2) is 4.79 Å². The van der Waals surface area contributed by atoms with Crippen molar-refractivity contribution in [3.8, 4) is 0 Å². The molecule has 0 unspecified atom stereocenters. The highest BCUT2D eigenvalue weighted by Crippen LogP contribution is 2.10. The van der Waals surface area contributed by atoms with Crippen LogP contribution < -0.4 is 0 Å². The molecule has 0 saturated carbocycles. The number of Topliss-reactive ketones (excluding diaryl/α,β-unsaturated/α-hetero) is 1. The Morgan fingerprint density at radius 1 is 1.14 bits per heavy atom. The van der Waals surface area contributed by atoms with Crippen LogP contribution in [0.1, 0.15) is 22.8 Å². The lowest BCUT2D eigenvalue weighted by atomic mass is 10.0. The fourth-order valence-electron chi connectivity index (χ4n) is 2.48. The summed E-state index contributed by atoms with van der Waals surface area (Å²) in [6.07, 6.45) is -0.262. The first-order valence-corrected chi connectivity index (χ1v) is 7.34. The van der Waals surface area contributed by atoms with Gasteiger partial charge in [-0.15, -0.1) is 0 Å². The summed E-state index contributed by atoms with van der Waals surface area (Å²) < 4.78 is 4.98. The Morgan fingerprint density at radius 2 is 1.81 bits per heavy atom. The Bertz CT molecular complexity index is 508. The first-order valence-electron chi connectivity index (χ1n) is 7.34. The monoisotopic (exact) mass is 290 g/mol. The van der Waals surface area contributed by atoms with Gasteiger partial charge in [0.2, 0.25) is 0 Å². The standard InChI is InChI=1S/C16H22N2O3/c1-3-21-16(20)18-10-8-17(9-11-18)12-15(19)14-7-5-4-6-13(14)2/h4-7H,3,8-12H2,1-2H3. The van der Waals surface area contributed by atoms with E-state index in [4.69, 9.17) is 4.74 Å². The van der Waals surface area contributed by atoms with Crippen LogP contribution >= 0.6 is 0 Å². The SMILES string of the molecule is CCOC(=O)N1CCN(CC(=O)c2ccccc2C)CC1. The van der Waals surface area contributed by atoms with Gasteiger partial charge in [-0.3, -0.25) is 9.69 Å². The number of hydrogen-bond acceptors (Lipinski definition) is 4. The molecule has 2 rings (SSSR count). The van der Waals surface area contributed by atoms with Gasteiger partial charge in [0.1, 0.15) is 0 Å². The van der Waals surface area contributed by atoms with Gasteiger partial charge in [-0.1, -0.05) is 24.3 Å². The van der Waals surface area contributed by atoms with E-state index in [2.05, 4.69) is 4.90 Å². The van der Waals surface area contributed by atoms with Gasteiger partial charge in [-0.2, -0.15) is 0 Å². The number of aryl methyl sites for hydroxylation is 1. The van der Waals surface area contributed by atoms with Crippen LogP contribution in [0.4, 0.5) is 4.79 Å². The number of ether oxygens (including phenoxy) is 1. The highest BCUT2D eigenvalue weighted by molar-refractivity contribution is 5.98. The normalized spacial score (nSPS) is 15.8. The van der Waals surface area contributed by atoms with Gasteiger partial charge < -0.3 is 9.64 Å². The van der Waals surface area contributed by atoms with E-state index in [0.29, 0.717) is 39.3 Å². The zero-order valence-electron chi connectivity index (χ0n) is 12.7. The van der Waals surface area contributed by atoms with Gasteiger partial charge >= 0.3 is 6.09 Å². The second-order valence-corrected chi connectivity index (χ2v) is 5.20. The predicted molar refractivity (Wildman–Crippen MR) is 80.5 cm³/mol. The van der Waals surface area contributed by atoms with Crippen LogP contribution in [0.25, 0.3) is 0 Å². The zero-order chi connectivity index (χ0) is 15.2. The molecule has 1 aromatic carbocycles. The van der Waals surface area contributed by atoms with Crippen LogP contribution in [-0.4, -0.2) is 61.0 Å². The molecule has 0 aromatic heterocycles. The summed E-state index contributed by atoms with van der Waals surface area (Å²) in [5.74, 6) is 0.137. The van der Waals surface area contributed by atoms with Crippen molar-refractivity contribution in [2.75, 3.05) is 39.3 Å². The molecule has 0 N–H and O–H groups in total. The molecule has 0 atom stereocenters. The average molecular weight is 290 g/mol. The summed E-state index contributed by atoms with van der Waals surface area (Å²) >= 11 is 0. The maximum absolute atomic E-state index is 12.3. The van der Waals surface area contributed by atoms with Gasteiger partial charge in [0, 0.05) is 31.7 Å². The fourth-order valence-corrected chi connectivity index (χ4v) is 2.48. The summed E-state index contributed by atoms with van der Waals surface area (Å²) in [4.78, 5) is 27.7. The average Bonchev–Trinajstić information content (AvgIpc) is 2.48. The summed E-state index contributed by atoms with van der Waals surface area (Å²) in [5, 5.41) is 0. The minimum atomic E-state index is -0.262. The van der Waals surface area contributed by atoms with E-state index in [1.165, 1.54) is 0 Å². The minimum Gasteiger partial charge on any atom is -0.450 e. The molecule has 1 saturated heterocycles. The number of nitrogens with zero attached hydrogens (tertiary/aromatic N) is 2. The Balaban J connectivity index is 1.85. The molecule has 21 heavy (non-hydrogen) atoms. The molecule has 1 fully saturated rings. The molecule has 1 aliphatic rings. The molecule has 0 aliphatic carbocycles. The van der Waals surface area contributed by atoms with E-state index in [1.54, 1.807) is 11.8 Å². The molecule has 1 aliphatic heterocycles. The summed E-state index contributed by atoms with van der Waals surface area (Å²) in [7, 11) is 0. The zero-order valence-corrected chi connectivity index (χ0v) is 12.7. The number of carbonyl (C=O) groups is 2. The van der Waals surface area contributed by atoms with Gasteiger partial charge in [-0.05, 0) is 19.4 Å². The molecular formula is C16H22N2O3. The van der Waals surface area contributed by atoms with Crippen molar-refractivity contribution in [3.63, 3.8) is 0 Å². The lowest BCUT2D eigenvalue weighted by Gasteiger charge is -2.33. The number of carbonyl (C=O) groups excluding carboxylic acids is 2. The topological polar surface area (TPSA) is 49.9 Å². The van der Waals surface area contributed by atoms with Crippen LogP contribution in [0.2, 0.25) is 0 Å². The van der Waals surface area contributed by atoms with E-state index in [9.17, 15) is 9.59 Å². The van der Waals surface area contributed by atoms with E-state index in [-0.39, 0.29) is 11.9 Å². The van der Waals surface area contributed by atoms with Crippen molar-refractivity contribution in [1.29, 1.82) is 0 Å². The first kappa shape index (κ1) is 15.5. The second kappa shape index (κ2) is 7.22. The molecule has 5 heteroatoms. The Morgan fingerprint density at radius 3 is 2.43 bits per heavy atom. The second-order valence-electron chi connectivity index (χ2n) is 5.20. The molecule has 0 radical (unpaired) electrons. The lowest BCUT2D eigenvalue weighted by molar-refractivity contribution is 0.0733. The molecule has 114 valence electrons. The van der Waals surface area contributed by atoms with Crippen molar-refractivity contribution in [3.05, 3.63) is 35.4 Å². The third kappa shape index (κ3) is 4.04. The maximum atomic E-state index is 12.3. The van der Waals surface area contributed by atoms with Crippen molar-refractivity contribution < 1.29 is 14.3 Å². The number of hydrogen-bond donors (Lipinski definition) is 0. The number of benzene rings is 1. The van der Waals surface area contributed by atoms with Crippen molar-refractivity contribution in [1.82, 2.24) is 9.80 Å². The summed E-state index contributed by atoms with van der Waals surface area (Å²) in [6.45, 7) is 7.18. The Hall–Kier alpha value is -1.88. The Labute approximate surface area is 125 Å². The fraction of sp³-hybridized carbons (Fsp3) is 0.500. The number of ketones is 1. The predicted octanol–water partition coefficient (Wildman–Crippen LogP) is 1.95. The molecule has 0 bridgehead atoms. The van der Waals surface area contributed by atoms with Gasteiger partial charge in [0.15, 0.2) is 5.78 Å². The van der Waals surface area contributed by atoms with Crippen LogP contribution in [0.5, 0.6) is 0 Å². The molecule has 0 spiro atoms. The maximum Gasteiger partial charge on any atom is 0.409 e. The third-order valence-electron chi connectivity index (χ3n) is 3.71. The van der Waals surface area contributed by atoms with Crippen molar-refractivity contribution >= 4 is 11.9 Å². The van der Waals surface area contributed by atoms with Crippen LogP contribution in [-0.2, 0) is 4.74 Å². The third-order valence-corrected chi connectivity index (χ3v) is 3.71. The summed E-state index contributed by atoms with van der Waals surface area (Å²) in [5.41, 5.74) is 1.79. The summed E-state index contributed by atoms with van der Waals surface area (Å²) in [6, 6.07) is 7.64. The smallest absolute Gasteiger partial charge is 0.409 e. The highest BCUT2D eigenvalue weighted by Gasteiger charge is 2.23. The molecular weight excluding hydrogens is 268 g/mol. The van der Waals surface area contributed by atoms with E-state index < -0.39 is 0 Å². The van der Waals surface area contributed by atoms with E-state index >= 15 is 0 Å².